The van der Waals surface area contributed by atoms with Crippen LogP contribution >= 0.6 is 11.6 Å². The lowest BCUT2D eigenvalue weighted by atomic mass is 9.95. The zero-order valence-electron chi connectivity index (χ0n) is 21.0. The predicted octanol–water partition coefficient (Wildman–Crippen LogP) is 9.40. The number of furan rings is 1. The van der Waals surface area contributed by atoms with Crippen molar-refractivity contribution in [1.29, 1.82) is 0 Å². The lowest BCUT2D eigenvalue weighted by Crippen LogP contribution is -2.02. The van der Waals surface area contributed by atoms with Crippen LogP contribution in [0.25, 0.3) is 61.4 Å². The number of benzene rings is 4. The molecule has 4 aromatic carbocycles. The highest BCUT2D eigenvalue weighted by molar-refractivity contribution is 6.31. The number of hydrogen-bond donors (Lipinski definition) is 0. The summed E-state index contributed by atoms with van der Waals surface area (Å²) in [5.74, 6) is 1.89. The molecule has 2 aromatic heterocycles. The molecule has 0 aliphatic heterocycles. The van der Waals surface area contributed by atoms with Crippen LogP contribution < -0.4 is 0 Å². The molecule has 0 N–H and O–H groups in total. The van der Waals surface area contributed by atoms with Gasteiger partial charge < -0.3 is 4.42 Å². The van der Waals surface area contributed by atoms with Crippen LogP contribution in [0.15, 0.2) is 114 Å². The molecule has 0 saturated carbocycles. The third kappa shape index (κ3) is 4.40. The Kier molecular flexibility index (Phi) is 6.32. The van der Waals surface area contributed by atoms with Gasteiger partial charge in [-0.2, -0.15) is 0 Å². The molecule has 0 bridgehead atoms. The van der Waals surface area contributed by atoms with Gasteiger partial charge in [0.05, 0.1) is 0 Å². The van der Waals surface area contributed by atoms with Crippen molar-refractivity contribution in [2.75, 3.05) is 0 Å². The average Bonchev–Trinajstić information content (AvgIpc) is 3.34. The second-order valence-electron chi connectivity index (χ2n) is 9.01. The number of fused-ring (bicyclic) bond motifs is 3. The zero-order valence-corrected chi connectivity index (χ0v) is 21.8. The summed E-state index contributed by atoms with van der Waals surface area (Å²) >= 11 is 6.25. The highest BCUT2D eigenvalue weighted by Gasteiger charge is 2.18. The van der Waals surface area contributed by atoms with Crippen molar-refractivity contribution in [2.45, 2.75) is 13.8 Å². The maximum absolute atomic E-state index is 6.25. The molecule has 0 amide bonds. The highest BCUT2D eigenvalue weighted by Crippen LogP contribution is 2.40. The van der Waals surface area contributed by atoms with Crippen LogP contribution in [0.4, 0.5) is 0 Å². The smallest absolute Gasteiger partial charge is 0.164 e. The number of halogens is 1. The number of allylic oxidation sites excluding steroid dienone is 4. The van der Waals surface area contributed by atoms with E-state index < -0.39 is 0 Å². The van der Waals surface area contributed by atoms with E-state index in [0.717, 1.165) is 49.8 Å². The van der Waals surface area contributed by atoms with E-state index in [0.29, 0.717) is 22.5 Å². The molecule has 0 saturated heterocycles. The molecule has 5 heteroatoms. The fourth-order valence-corrected chi connectivity index (χ4v) is 4.80. The van der Waals surface area contributed by atoms with Gasteiger partial charge >= 0.3 is 0 Å². The summed E-state index contributed by atoms with van der Waals surface area (Å²) in [5.41, 5.74) is 6.44. The van der Waals surface area contributed by atoms with Gasteiger partial charge in [-0.1, -0.05) is 96.6 Å². The Hall–Kier alpha value is -4.54. The van der Waals surface area contributed by atoms with E-state index in [1.165, 1.54) is 0 Å². The normalized spacial score (nSPS) is 12.1. The summed E-state index contributed by atoms with van der Waals surface area (Å²) in [7, 11) is 0. The molecule has 2 heterocycles. The van der Waals surface area contributed by atoms with Crippen molar-refractivity contribution in [3.05, 3.63) is 120 Å². The molecular weight excluding hydrogens is 490 g/mol. The van der Waals surface area contributed by atoms with Gasteiger partial charge in [0.25, 0.3) is 0 Å². The van der Waals surface area contributed by atoms with Crippen LogP contribution in [0.1, 0.15) is 19.7 Å². The quantitative estimate of drug-likeness (QED) is 0.215. The summed E-state index contributed by atoms with van der Waals surface area (Å²) in [6.07, 6.45) is 6.00. The first-order chi connectivity index (χ1) is 18.6. The van der Waals surface area contributed by atoms with Gasteiger partial charge in [-0.05, 0) is 48.7 Å². The lowest BCUT2D eigenvalue weighted by Gasteiger charge is -2.12. The largest absolute Gasteiger partial charge is 0.456 e. The molecule has 0 radical (unpaired) electrons. The van der Waals surface area contributed by atoms with Crippen LogP contribution in [0.3, 0.4) is 0 Å². The number of aromatic nitrogens is 3. The minimum absolute atomic E-state index is 0.616. The Morgan fingerprint density at radius 3 is 2.29 bits per heavy atom. The summed E-state index contributed by atoms with van der Waals surface area (Å²) in [6, 6.07) is 30.1. The minimum Gasteiger partial charge on any atom is -0.456 e. The van der Waals surface area contributed by atoms with Gasteiger partial charge in [0.2, 0.25) is 0 Å². The maximum Gasteiger partial charge on any atom is 0.164 e. The molecule has 0 aliphatic carbocycles. The molecule has 0 fully saturated rings. The molecule has 0 atom stereocenters. The predicted molar refractivity (Wildman–Crippen MR) is 157 cm³/mol. The molecule has 0 unspecified atom stereocenters. The molecule has 0 aliphatic rings. The second kappa shape index (κ2) is 10.1. The van der Waals surface area contributed by atoms with Crippen molar-refractivity contribution in [1.82, 2.24) is 15.0 Å². The fraction of sp³-hybridized carbons (Fsp3) is 0.0606. The first kappa shape index (κ1) is 23.8. The first-order valence-corrected chi connectivity index (χ1v) is 12.8. The molecule has 0 spiro atoms. The van der Waals surface area contributed by atoms with Crippen LogP contribution in [0.5, 0.6) is 0 Å². The molecule has 184 valence electrons. The maximum atomic E-state index is 6.25. The Morgan fingerprint density at radius 2 is 1.47 bits per heavy atom. The van der Waals surface area contributed by atoms with Gasteiger partial charge in [-0.25, -0.2) is 15.0 Å². The number of rotatable bonds is 5. The Bertz CT molecular complexity index is 1850. The van der Waals surface area contributed by atoms with Crippen molar-refractivity contribution >= 4 is 39.1 Å². The summed E-state index contributed by atoms with van der Waals surface area (Å²) in [4.78, 5) is 14.7. The van der Waals surface area contributed by atoms with E-state index >= 15 is 0 Å². The standard InChI is InChI=1S/C33H24ClN3O/c1-3-4-11-21(2)31-35-32(22-12-6-5-7-13-22)37-33(36-31)26-15-9-8-14-24(26)25-16-10-17-28-30(25)27-19-18-23(34)20-29(27)38-28/h3-20H,1-2H3/b4-3-,21-11+. The van der Waals surface area contributed by atoms with Crippen molar-refractivity contribution in [3.63, 3.8) is 0 Å². The van der Waals surface area contributed by atoms with Crippen LogP contribution in [0, 0.1) is 0 Å². The monoisotopic (exact) mass is 513 g/mol. The number of hydrogen-bond acceptors (Lipinski definition) is 4. The van der Waals surface area contributed by atoms with Gasteiger partial charge in [0.1, 0.15) is 11.2 Å². The van der Waals surface area contributed by atoms with E-state index in [-0.39, 0.29) is 0 Å². The van der Waals surface area contributed by atoms with Crippen molar-refractivity contribution in [3.8, 4) is 33.9 Å². The van der Waals surface area contributed by atoms with Gasteiger partial charge in [-0.3, -0.25) is 0 Å². The number of nitrogens with zero attached hydrogens (tertiary/aromatic N) is 3. The summed E-state index contributed by atoms with van der Waals surface area (Å²) in [5, 5.41) is 2.69. The second-order valence-corrected chi connectivity index (χ2v) is 9.45. The van der Waals surface area contributed by atoms with Gasteiger partial charge in [0.15, 0.2) is 17.5 Å². The third-order valence-corrected chi connectivity index (χ3v) is 6.71. The highest BCUT2D eigenvalue weighted by atomic mass is 35.5. The van der Waals surface area contributed by atoms with Crippen molar-refractivity contribution in [2.24, 2.45) is 0 Å². The summed E-state index contributed by atoms with van der Waals surface area (Å²) in [6.45, 7) is 4.01. The van der Waals surface area contributed by atoms with E-state index in [1.54, 1.807) is 0 Å². The van der Waals surface area contributed by atoms with E-state index in [2.05, 4.69) is 18.2 Å². The molecule has 38 heavy (non-hydrogen) atoms. The SMILES string of the molecule is C/C=C\C=C(/C)c1nc(-c2ccccc2)nc(-c2ccccc2-c2cccc3oc4cc(Cl)ccc4c23)n1. The molecule has 6 aromatic rings. The Labute approximate surface area is 226 Å². The third-order valence-electron chi connectivity index (χ3n) is 6.48. The minimum atomic E-state index is 0.616. The van der Waals surface area contributed by atoms with Gasteiger partial charge in [-0.15, -0.1) is 0 Å². The fourth-order valence-electron chi connectivity index (χ4n) is 4.64. The van der Waals surface area contributed by atoms with Gasteiger partial charge in [0, 0.05) is 33.0 Å². The zero-order chi connectivity index (χ0) is 26.1. The van der Waals surface area contributed by atoms with Crippen LogP contribution in [-0.4, -0.2) is 15.0 Å². The lowest BCUT2D eigenvalue weighted by molar-refractivity contribution is 0.669. The Morgan fingerprint density at radius 1 is 0.737 bits per heavy atom. The van der Waals surface area contributed by atoms with E-state index in [9.17, 15) is 0 Å². The van der Waals surface area contributed by atoms with Crippen molar-refractivity contribution < 1.29 is 4.42 Å². The topological polar surface area (TPSA) is 51.8 Å². The summed E-state index contributed by atoms with van der Waals surface area (Å²) < 4.78 is 6.17. The van der Waals surface area contributed by atoms with Crippen LogP contribution in [0.2, 0.25) is 5.02 Å². The first-order valence-electron chi connectivity index (χ1n) is 12.4. The molecular formula is C33H24ClN3O. The van der Waals surface area contributed by atoms with E-state index in [1.807, 2.05) is 105 Å². The molecule has 4 nitrogen and oxygen atoms in total. The van der Waals surface area contributed by atoms with E-state index in [4.69, 9.17) is 31.0 Å². The average molecular weight is 514 g/mol. The molecule has 6 rings (SSSR count). The van der Waals surface area contributed by atoms with Crippen LogP contribution in [-0.2, 0) is 0 Å². The Balaban J connectivity index is 1.61.